The highest BCUT2D eigenvalue weighted by atomic mass is 32.1. The first-order chi connectivity index (χ1) is 8.85. The SMILES string of the molecule is O=C(O)c1ccc(-c2csc(CC(F)(F)F)n2)cc1. The van der Waals surface area contributed by atoms with Crippen LogP contribution in [-0.2, 0) is 6.42 Å². The monoisotopic (exact) mass is 287 g/mol. The van der Waals surface area contributed by atoms with Crippen molar-refractivity contribution in [3.05, 3.63) is 40.2 Å². The average Bonchev–Trinajstić information content (AvgIpc) is 2.75. The van der Waals surface area contributed by atoms with Crippen LogP contribution in [0.15, 0.2) is 29.6 Å². The summed E-state index contributed by atoms with van der Waals surface area (Å²) in [5.74, 6) is -1.05. The number of thiazole rings is 1. The van der Waals surface area contributed by atoms with E-state index in [0.29, 0.717) is 11.3 Å². The Balaban J connectivity index is 2.20. The minimum atomic E-state index is -4.28. The Kier molecular flexibility index (Phi) is 3.57. The van der Waals surface area contributed by atoms with Gasteiger partial charge in [-0.1, -0.05) is 12.1 Å². The summed E-state index contributed by atoms with van der Waals surface area (Å²) in [4.78, 5) is 14.6. The van der Waals surface area contributed by atoms with Crippen molar-refractivity contribution in [1.82, 2.24) is 4.98 Å². The average molecular weight is 287 g/mol. The fourth-order valence-electron chi connectivity index (χ4n) is 1.48. The minimum Gasteiger partial charge on any atom is -0.478 e. The lowest BCUT2D eigenvalue weighted by molar-refractivity contribution is -0.127. The maximum atomic E-state index is 12.2. The molecule has 0 amide bonds. The van der Waals surface area contributed by atoms with E-state index in [-0.39, 0.29) is 10.6 Å². The molecule has 0 aliphatic rings. The second-order valence-electron chi connectivity index (χ2n) is 3.80. The Morgan fingerprint density at radius 2 is 1.89 bits per heavy atom. The van der Waals surface area contributed by atoms with Gasteiger partial charge in [0.25, 0.3) is 0 Å². The van der Waals surface area contributed by atoms with Gasteiger partial charge in [0.05, 0.1) is 17.7 Å². The number of halogens is 3. The first-order valence-electron chi connectivity index (χ1n) is 5.20. The second kappa shape index (κ2) is 5.00. The number of rotatable bonds is 3. The molecule has 19 heavy (non-hydrogen) atoms. The van der Waals surface area contributed by atoms with Crippen molar-refractivity contribution in [2.75, 3.05) is 0 Å². The van der Waals surface area contributed by atoms with Gasteiger partial charge < -0.3 is 5.11 Å². The summed E-state index contributed by atoms with van der Waals surface area (Å²) >= 11 is 0.934. The number of nitrogens with zero attached hydrogens (tertiary/aromatic N) is 1. The van der Waals surface area contributed by atoms with E-state index in [0.717, 1.165) is 11.3 Å². The van der Waals surface area contributed by atoms with Crippen LogP contribution in [0.3, 0.4) is 0 Å². The summed E-state index contributed by atoms with van der Waals surface area (Å²) in [6, 6.07) is 5.83. The fourth-order valence-corrected chi connectivity index (χ4v) is 2.31. The summed E-state index contributed by atoms with van der Waals surface area (Å²) in [7, 11) is 0. The predicted octanol–water partition coefficient (Wildman–Crippen LogP) is 3.61. The number of aromatic nitrogens is 1. The third-order valence-corrected chi connectivity index (χ3v) is 3.18. The van der Waals surface area contributed by atoms with Gasteiger partial charge in [-0.15, -0.1) is 11.3 Å². The summed E-state index contributed by atoms with van der Waals surface area (Å²) in [6.07, 6.45) is -5.33. The molecule has 1 heterocycles. The Labute approximate surface area is 110 Å². The first kappa shape index (κ1) is 13.5. The molecular weight excluding hydrogens is 279 g/mol. The smallest absolute Gasteiger partial charge is 0.395 e. The van der Waals surface area contributed by atoms with Crippen LogP contribution in [0.4, 0.5) is 13.2 Å². The Hall–Kier alpha value is -1.89. The highest BCUT2D eigenvalue weighted by molar-refractivity contribution is 7.09. The van der Waals surface area contributed by atoms with Crippen LogP contribution in [0.5, 0.6) is 0 Å². The predicted molar refractivity (Wildman–Crippen MR) is 64.3 cm³/mol. The van der Waals surface area contributed by atoms with Gasteiger partial charge in [0, 0.05) is 10.9 Å². The third-order valence-electron chi connectivity index (χ3n) is 2.33. The molecule has 2 rings (SSSR count). The van der Waals surface area contributed by atoms with Gasteiger partial charge in [0.15, 0.2) is 0 Å². The molecule has 0 aliphatic heterocycles. The number of carbonyl (C=O) groups is 1. The van der Waals surface area contributed by atoms with E-state index < -0.39 is 18.6 Å². The number of hydrogen-bond donors (Lipinski definition) is 1. The van der Waals surface area contributed by atoms with Crippen molar-refractivity contribution >= 4 is 17.3 Å². The van der Waals surface area contributed by atoms with Crippen LogP contribution >= 0.6 is 11.3 Å². The normalized spacial score (nSPS) is 11.5. The zero-order valence-corrected chi connectivity index (χ0v) is 10.3. The van der Waals surface area contributed by atoms with Gasteiger partial charge in [-0.05, 0) is 12.1 Å². The zero-order valence-electron chi connectivity index (χ0n) is 9.44. The van der Waals surface area contributed by atoms with Crippen LogP contribution in [0.25, 0.3) is 11.3 Å². The van der Waals surface area contributed by atoms with E-state index in [1.807, 2.05) is 0 Å². The van der Waals surface area contributed by atoms with Crippen LogP contribution in [0, 0.1) is 0 Å². The van der Waals surface area contributed by atoms with Crippen molar-refractivity contribution in [2.45, 2.75) is 12.6 Å². The molecule has 0 saturated carbocycles. The van der Waals surface area contributed by atoms with Gasteiger partial charge in [-0.3, -0.25) is 0 Å². The zero-order chi connectivity index (χ0) is 14.0. The maximum absolute atomic E-state index is 12.2. The van der Waals surface area contributed by atoms with E-state index in [9.17, 15) is 18.0 Å². The van der Waals surface area contributed by atoms with Crippen LogP contribution in [-0.4, -0.2) is 22.2 Å². The lowest BCUT2D eigenvalue weighted by atomic mass is 10.1. The number of benzene rings is 1. The number of carboxylic acid groups (broad SMARTS) is 1. The number of hydrogen-bond acceptors (Lipinski definition) is 3. The summed E-state index contributed by atoms with van der Waals surface area (Å²) in [5, 5.41) is 10.3. The van der Waals surface area contributed by atoms with E-state index in [1.54, 1.807) is 0 Å². The van der Waals surface area contributed by atoms with Gasteiger partial charge in [-0.2, -0.15) is 13.2 Å². The lowest BCUT2D eigenvalue weighted by Gasteiger charge is -2.02. The molecule has 0 spiro atoms. The quantitative estimate of drug-likeness (QED) is 0.938. The Bertz CT molecular complexity index is 590. The lowest BCUT2D eigenvalue weighted by Crippen LogP contribution is -2.11. The van der Waals surface area contributed by atoms with E-state index in [4.69, 9.17) is 5.11 Å². The van der Waals surface area contributed by atoms with Crippen LogP contribution < -0.4 is 0 Å². The molecular formula is C12H8F3NO2S. The van der Waals surface area contributed by atoms with E-state index >= 15 is 0 Å². The van der Waals surface area contributed by atoms with Gasteiger partial charge in [0.1, 0.15) is 5.01 Å². The highest BCUT2D eigenvalue weighted by Gasteiger charge is 2.29. The summed E-state index contributed by atoms with van der Waals surface area (Å²) in [6.45, 7) is 0. The van der Waals surface area contributed by atoms with Crippen molar-refractivity contribution in [3.63, 3.8) is 0 Å². The first-order valence-corrected chi connectivity index (χ1v) is 6.08. The Morgan fingerprint density at radius 3 is 2.42 bits per heavy atom. The molecule has 0 aliphatic carbocycles. The van der Waals surface area contributed by atoms with Crippen LogP contribution in [0.1, 0.15) is 15.4 Å². The third kappa shape index (κ3) is 3.54. The van der Waals surface area contributed by atoms with Gasteiger partial charge in [-0.25, -0.2) is 9.78 Å². The van der Waals surface area contributed by atoms with E-state index in [2.05, 4.69) is 4.98 Å². The minimum absolute atomic E-state index is 0.00943. The van der Waals surface area contributed by atoms with Crippen molar-refractivity contribution in [2.24, 2.45) is 0 Å². The summed E-state index contributed by atoms with van der Waals surface area (Å²) in [5.41, 5.74) is 1.13. The molecule has 0 fully saturated rings. The molecule has 7 heteroatoms. The molecule has 1 aromatic heterocycles. The molecule has 0 bridgehead atoms. The molecule has 0 saturated heterocycles. The maximum Gasteiger partial charge on any atom is 0.395 e. The fraction of sp³-hybridized carbons (Fsp3) is 0.167. The number of carboxylic acids is 1. The molecule has 2 aromatic rings. The molecule has 1 aromatic carbocycles. The van der Waals surface area contributed by atoms with E-state index in [1.165, 1.54) is 29.6 Å². The summed E-state index contributed by atoms with van der Waals surface area (Å²) < 4.78 is 36.6. The number of aromatic carboxylic acids is 1. The molecule has 0 radical (unpaired) electrons. The molecule has 100 valence electrons. The van der Waals surface area contributed by atoms with Gasteiger partial charge >= 0.3 is 12.1 Å². The van der Waals surface area contributed by atoms with Crippen molar-refractivity contribution in [1.29, 1.82) is 0 Å². The van der Waals surface area contributed by atoms with Gasteiger partial charge in [0.2, 0.25) is 0 Å². The standard InChI is InChI=1S/C12H8F3NO2S/c13-12(14,15)5-10-16-9(6-19-10)7-1-3-8(4-2-7)11(17)18/h1-4,6H,5H2,(H,17,18). The second-order valence-corrected chi connectivity index (χ2v) is 4.74. The van der Waals surface area contributed by atoms with Crippen molar-refractivity contribution in [3.8, 4) is 11.3 Å². The number of alkyl halides is 3. The topological polar surface area (TPSA) is 50.2 Å². The highest BCUT2D eigenvalue weighted by Crippen LogP contribution is 2.27. The Morgan fingerprint density at radius 1 is 1.26 bits per heavy atom. The van der Waals surface area contributed by atoms with Crippen molar-refractivity contribution < 1.29 is 23.1 Å². The van der Waals surface area contributed by atoms with Crippen LogP contribution in [0.2, 0.25) is 0 Å². The largest absolute Gasteiger partial charge is 0.478 e. The molecule has 3 nitrogen and oxygen atoms in total. The molecule has 0 unspecified atom stereocenters. The molecule has 0 atom stereocenters. The molecule has 1 N–H and O–H groups in total.